The van der Waals surface area contributed by atoms with Gasteiger partial charge in [-0.25, -0.2) is 9.88 Å². The van der Waals surface area contributed by atoms with E-state index in [0.717, 1.165) is 67.0 Å². The van der Waals surface area contributed by atoms with Gasteiger partial charge in [0.2, 0.25) is 11.8 Å². The summed E-state index contributed by atoms with van der Waals surface area (Å²) in [5.41, 5.74) is 12.7. The van der Waals surface area contributed by atoms with Crippen molar-refractivity contribution in [3.63, 3.8) is 0 Å². The molecule has 0 N–H and O–H groups in total. The van der Waals surface area contributed by atoms with Crippen LogP contribution in [0.2, 0.25) is 0 Å². The zero-order valence-electron chi connectivity index (χ0n) is 33.4. The molecule has 0 atom stereocenters. The molecular formula is C51H40IrN6O-2. The summed E-state index contributed by atoms with van der Waals surface area (Å²) in [5.74, 6) is 2.35. The third-order valence-electron chi connectivity index (χ3n) is 10.7. The van der Waals surface area contributed by atoms with E-state index in [9.17, 15) is 0 Å². The number of para-hydroxylation sites is 1. The number of rotatable bonds is 5. The molecule has 1 radical (unpaired) electrons. The summed E-state index contributed by atoms with van der Waals surface area (Å²) >= 11 is 0. The molecule has 0 saturated carbocycles. The molecule has 0 saturated heterocycles. The Hall–Kier alpha value is -6.60. The molecule has 59 heavy (non-hydrogen) atoms. The number of benzene rings is 5. The summed E-state index contributed by atoms with van der Waals surface area (Å²) in [6.45, 7) is 10.7. The van der Waals surface area contributed by atoms with E-state index >= 15 is 0 Å². The molecule has 1 aliphatic heterocycles. The van der Waals surface area contributed by atoms with Crippen LogP contribution in [0, 0.1) is 32.9 Å². The van der Waals surface area contributed by atoms with Gasteiger partial charge in [-0.3, -0.25) is 0 Å². The van der Waals surface area contributed by atoms with Gasteiger partial charge < -0.3 is 14.4 Å². The second kappa shape index (κ2) is 16.3. The Kier molecular flexibility index (Phi) is 10.9. The minimum Gasteiger partial charge on any atom is -0.460 e. The van der Waals surface area contributed by atoms with Gasteiger partial charge in [-0.05, 0) is 60.5 Å². The monoisotopic (exact) mass is 945 g/mol. The van der Waals surface area contributed by atoms with Crippen LogP contribution in [0.1, 0.15) is 41.7 Å². The number of pyridine rings is 2. The molecule has 0 aliphatic carbocycles. The largest absolute Gasteiger partial charge is 0.460 e. The summed E-state index contributed by atoms with van der Waals surface area (Å²) < 4.78 is 6.80. The fraction of sp³-hybridized carbons (Fsp3) is 0.118. The molecule has 1 aliphatic rings. The van der Waals surface area contributed by atoms with Crippen molar-refractivity contribution in [2.24, 2.45) is 0 Å². The van der Waals surface area contributed by atoms with Crippen LogP contribution in [-0.4, -0.2) is 24.9 Å². The maximum Gasteiger partial charge on any atom is 0.241 e. The predicted octanol–water partition coefficient (Wildman–Crippen LogP) is 12.4. The van der Waals surface area contributed by atoms with E-state index in [1.165, 1.54) is 11.1 Å². The molecule has 0 unspecified atom stereocenters. The first-order valence-corrected chi connectivity index (χ1v) is 19.3. The minimum absolute atomic E-state index is 0. The van der Waals surface area contributed by atoms with Crippen molar-refractivity contribution in [1.29, 1.82) is 0 Å². The Labute approximate surface area is 358 Å². The number of hydrogen-bond donors (Lipinski definition) is 0. The minimum atomic E-state index is -0.403. The first kappa shape index (κ1) is 39.2. The topological polar surface area (TPSA) is 80.8 Å². The fourth-order valence-electron chi connectivity index (χ4n) is 7.49. The summed E-state index contributed by atoms with van der Waals surface area (Å²) in [7, 11) is 0. The van der Waals surface area contributed by atoms with E-state index in [1.807, 2.05) is 133 Å². The maximum atomic E-state index is 6.80. The smallest absolute Gasteiger partial charge is 0.241 e. The van der Waals surface area contributed by atoms with Crippen molar-refractivity contribution in [3.8, 4) is 45.3 Å². The molecule has 0 fully saturated rings. The third kappa shape index (κ3) is 7.49. The standard InChI is InChI=1S/C38H28N5O.C13H12N.Ir/c1-24-21-22-29(39-23-24)27-17-12-20-31-32(27)33-36(44-31)43(30-19-11-10-18-28(30)38(33,2)3)37-41-34(25-13-6-4-7-14-25)40-35(42-37)26-15-8-5-9-16-26;1-10-8-13(14-9-11(10)2)12-6-4-3-5-7-12;/h4-16,18-23H,1-3H3;3-6,8-9H,1-2H3;/q2*-1;. The van der Waals surface area contributed by atoms with Crippen molar-refractivity contribution in [1.82, 2.24) is 24.9 Å². The van der Waals surface area contributed by atoms with Gasteiger partial charge >= 0.3 is 0 Å². The number of anilines is 3. The van der Waals surface area contributed by atoms with Gasteiger partial charge in [-0.15, -0.1) is 53.6 Å². The Morgan fingerprint density at radius 1 is 0.610 bits per heavy atom. The van der Waals surface area contributed by atoms with Crippen LogP contribution >= 0.6 is 0 Å². The van der Waals surface area contributed by atoms with Crippen molar-refractivity contribution in [2.45, 2.75) is 40.0 Å². The summed E-state index contributed by atoms with van der Waals surface area (Å²) in [4.78, 5) is 26.3. The number of furan rings is 1. The Morgan fingerprint density at radius 2 is 1.27 bits per heavy atom. The van der Waals surface area contributed by atoms with E-state index in [0.29, 0.717) is 23.5 Å². The Morgan fingerprint density at radius 3 is 1.92 bits per heavy atom. The van der Waals surface area contributed by atoms with Crippen LogP contribution in [0.25, 0.3) is 56.3 Å². The number of aryl methyl sites for hydroxylation is 3. The molecule has 0 spiro atoms. The van der Waals surface area contributed by atoms with Crippen LogP contribution in [0.5, 0.6) is 0 Å². The van der Waals surface area contributed by atoms with Crippen molar-refractivity contribution in [2.75, 3.05) is 4.90 Å². The number of hydrogen-bond acceptors (Lipinski definition) is 7. The summed E-state index contributed by atoms with van der Waals surface area (Å²) in [6, 6.07) is 53.1. The first-order valence-electron chi connectivity index (χ1n) is 19.3. The molecule has 9 aromatic rings. The van der Waals surface area contributed by atoms with Gasteiger partial charge in [-0.1, -0.05) is 128 Å². The molecular weight excluding hydrogens is 905 g/mol. The number of nitrogens with zero attached hydrogens (tertiary/aromatic N) is 6. The average Bonchev–Trinajstić information content (AvgIpc) is 3.67. The summed E-state index contributed by atoms with van der Waals surface area (Å²) in [6.07, 6.45) is 3.80. The van der Waals surface area contributed by atoms with Crippen LogP contribution in [0.15, 0.2) is 156 Å². The van der Waals surface area contributed by atoms with Crippen LogP contribution in [0.3, 0.4) is 0 Å². The Bertz CT molecular complexity index is 2840. The maximum absolute atomic E-state index is 6.80. The van der Waals surface area contributed by atoms with Crippen LogP contribution < -0.4 is 4.90 Å². The predicted molar refractivity (Wildman–Crippen MR) is 232 cm³/mol. The van der Waals surface area contributed by atoms with E-state index in [2.05, 4.69) is 75.1 Å². The van der Waals surface area contributed by atoms with Gasteiger partial charge in [0, 0.05) is 49.0 Å². The van der Waals surface area contributed by atoms with Gasteiger partial charge in [-0.2, -0.15) is 9.97 Å². The van der Waals surface area contributed by atoms with Gasteiger partial charge in [0.25, 0.3) is 0 Å². The zero-order chi connectivity index (χ0) is 39.8. The van der Waals surface area contributed by atoms with Gasteiger partial charge in [0.1, 0.15) is 0 Å². The molecule has 10 rings (SSSR count). The van der Waals surface area contributed by atoms with Crippen molar-refractivity contribution < 1.29 is 24.5 Å². The van der Waals surface area contributed by atoms with Crippen LogP contribution in [0.4, 0.5) is 17.5 Å². The SMILES string of the molecule is Cc1ccc(-c2[c-]ccc3oc4c(c23)C(C)(C)c2ccccc2N4c2nc(-c3ccccc3)nc(-c3ccccc3)n2)nc1.Cc1cnc(-c2[c-]cccc2)cc1C.[Ir]. The molecule has 0 bridgehead atoms. The second-order valence-corrected chi connectivity index (χ2v) is 15.0. The van der Waals surface area contributed by atoms with E-state index in [-0.39, 0.29) is 20.1 Å². The van der Waals surface area contributed by atoms with Crippen molar-refractivity contribution in [3.05, 3.63) is 192 Å². The zero-order valence-corrected chi connectivity index (χ0v) is 35.8. The van der Waals surface area contributed by atoms with E-state index in [4.69, 9.17) is 24.4 Å². The fourth-order valence-corrected chi connectivity index (χ4v) is 7.49. The number of aromatic nitrogens is 5. The summed E-state index contributed by atoms with van der Waals surface area (Å²) in [5, 5.41) is 0.990. The molecule has 291 valence electrons. The molecule has 4 aromatic heterocycles. The first-order chi connectivity index (χ1) is 28.3. The quantitative estimate of drug-likeness (QED) is 0.159. The molecule has 0 amide bonds. The van der Waals surface area contributed by atoms with Crippen molar-refractivity contribution >= 4 is 28.5 Å². The third-order valence-corrected chi connectivity index (χ3v) is 10.7. The Balaban J connectivity index is 0.000000274. The van der Waals surface area contributed by atoms with E-state index in [1.54, 1.807) is 0 Å². The molecule has 5 heterocycles. The van der Waals surface area contributed by atoms with E-state index < -0.39 is 5.41 Å². The van der Waals surface area contributed by atoms with Gasteiger partial charge in [0.05, 0.1) is 11.3 Å². The number of fused-ring (bicyclic) bond motifs is 4. The normalized spacial score (nSPS) is 12.5. The molecule has 5 aromatic carbocycles. The molecule has 7 nitrogen and oxygen atoms in total. The van der Waals surface area contributed by atoms with Gasteiger partial charge in [0.15, 0.2) is 11.6 Å². The second-order valence-electron chi connectivity index (χ2n) is 15.0. The molecule has 8 heteroatoms. The van der Waals surface area contributed by atoms with Crippen LogP contribution in [-0.2, 0) is 25.5 Å². The average molecular weight is 945 g/mol.